The third-order valence-corrected chi connectivity index (χ3v) is 5.78. The van der Waals surface area contributed by atoms with Crippen molar-refractivity contribution in [2.45, 2.75) is 22.8 Å². The molecule has 0 aliphatic carbocycles. The third-order valence-electron chi connectivity index (χ3n) is 4.65. The number of aromatic nitrogens is 1. The summed E-state index contributed by atoms with van der Waals surface area (Å²) in [5.41, 5.74) is 3.38. The Bertz CT molecular complexity index is 900. The van der Waals surface area contributed by atoms with E-state index in [1.807, 2.05) is 19.2 Å². The Morgan fingerprint density at radius 2 is 1.67 bits per heavy atom. The first-order chi connectivity index (χ1) is 13.2. The maximum atomic E-state index is 12.7. The van der Waals surface area contributed by atoms with E-state index in [0.29, 0.717) is 19.5 Å². The van der Waals surface area contributed by atoms with Crippen LogP contribution in [0.1, 0.15) is 12.0 Å². The van der Waals surface area contributed by atoms with Crippen LogP contribution in [-0.4, -0.2) is 29.4 Å². The van der Waals surface area contributed by atoms with Crippen LogP contribution in [-0.2, 0) is 11.3 Å². The van der Waals surface area contributed by atoms with Gasteiger partial charge in [-0.1, -0.05) is 42.1 Å². The second-order valence-corrected chi connectivity index (χ2v) is 7.63. The van der Waals surface area contributed by atoms with Crippen LogP contribution >= 0.6 is 11.8 Å². The summed E-state index contributed by atoms with van der Waals surface area (Å²) in [5, 5.41) is 0. The summed E-state index contributed by atoms with van der Waals surface area (Å²) in [6, 6.07) is 20.6. The molecule has 0 unspecified atom stereocenters. The molecule has 136 valence electrons. The molecule has 0 saturated heterocycles. The van der Waals surface area contributed by atoms with Crippen molar-refractivity contribution in [1.82, 2.24) is 9.88 Å². The van der Waals surface area contributed by atoms with Crippen molar-refractivity contribution in [1.29, 1.82) is 0 Å². The molecule has 0 N–H and O–H groups in total. The lowest BCUT2D eigenvalue weighted by Gasteiger charge is -2.33. The highest BCUT2D eigenvalue weighted by atomic mass is 32.2. The number of benzene rings is 2. The Hall–Kier alpha value is -2.79. The van der Waals surface area contributed by atoms with Crippen LogP contribution in [0.15, 0.2) is 82.8 Å². The molecule has 0 fully saturated rings. The lowest BCUT2D eigenvalue weighted by Crippen LogP contribution is -2.31. The van der Waals surface area contributed by atoms with Gasteiger partial charge in [-0.05, 0) is 35.9 Å². The van der Waals surface area contributed by atoms with Crippen molar-refractivity contribution in [2.75, 3.05) is 18.5 Å². The molecule has 0 bridgehead atoms. The molecule has 3 aromatic rings. The Labute approximate surface area is 163 Å². The first-order valence-electron chi connectivity index (χ1n) is 8.99. The maximum Gasteiger partial charge on any atom is 0.224 e. The highest BCUT2D eigenvalue weighted by Gasteiger charge is 2.23. The Morgan fingerprint density at radius 1 is 1.00 bits per heavy atom. The van der Waals surface area contributed by atoms with E-state index in [0.717, 1.165) is 5.56 Å². The Kier molecular flexibility index (Phi) is 5.12. The summed E-state index contributed by atoms with van der Waals surface area (Å²) in [4.78, 5) is 23.3. The summed E-state index contributed by atoms with van der Waals surface area (Å²) in [6.07, 6.45) is 4.01. The summed E-state index contributed by atoms with van der Waals surface area (Å²) >= 11 is 1.78. The molecular weight excluding hydrogens is 354 g/mol. The van der Waals surface area contributed by atoms with E-state index in [9.17, 15) is 4.79 Å². The van der Waals surface area contributed by atoms with Crippen molar-refractivity contribution in [3.63, 3.8) is 0 Å². The van der Waals surface area contributed by atoms with Gasteiger partial charge >= 0.3 is 0 Å². The van der Waals surface area contributed by atoms with Crippen molar-refractivity contribution < 1.29 is 4.79 Å². The molecule has 0 saturated carbocycles. The zero-order valence-electron chi connectivity index (χ0n) is 15.2. The fraction of sp³-hybridized carbons (Fsp3) is 0.182. The van der Waals surface area contributed by atoms with Crippen LogP contribution < -0.4 is 4.90 Å². The van der Waals surface area contributed by atoms with Gasteiger partial charge in [-0.3, -0.25) is 9.78 Å². The average Bonchev–Trinajstić information content (AvgIpc) is 2.71. The first kappa shape index (κ1) is 17.6. The minimum Gasteiger partial charge on any atom is -0.341 e. The number of carbonyl (C=O) groups is 1. The van der Waals surface area contributed by atoms with Crippen molar-refractivity contribution >= 4 is 29.0 Å². The topological polar surface area (TPSA) is 36.4 Å². The van der Waals surface area contributed by atoms with Gasteiger partial charge in [-0.2, -0.15) is 0 Å². The molecule has 1 aliphatic rings. The number of hydrogen-bond donors (Lipinski definition) is 0. The average molecular weight is 375 g/mol. The molecule has 1 aliphatic heterocycles. The second-order valence-electron chi connectivity index (χ2n) is 6.55. The van der Waals surface area contributed by atoms with Crippen molar-refractivity contribution in [3.8, 4) is 0 Å². The van der Waals surface area contributed by atoms with Gasteiger partial charge in [0.1, 0.15) is 0 Å². The number of rotatable bonds is 5. The Balaban J connectivity index is 1.49. The number of nitrogens with zero attached hydrogens (tertiary/aromatic N) is 3. The summed E-state index contributed by atoms with van der Waals surface area (Å²) < 4.78 is 0. The summed E-state index contributed by atoms with van der Waals surface area (Å²) in [7, 11) is 1.85. The quantitative estimate of drug-likeness (QED) is 0.646. The predicted octanol–water partition coefficient (Wildman–Crippen LogP) is 4.73. The maximum absolute atomic E-state index is 12.7. The van der Waals surface area contributed by atoms with E-state index in [1.165, 1.54) is 21.2 Å². The van der Waals surface area contributed by atoms with E-state index in [1.54, 1.807) is 29.1 Å². The number of fused-ring (bicyclic) bond motifs is 2. The molecular formula is C22H21N3OS. The highest BCUT2D eigenvalue weighted by Crippen LogP contribution is 2.47. The van der Waals surface area contributed by atoms with Crippen LogP contribution in [0.25, 0.3) is 0 Å². The van der Waals surface area contributed by atoms with E-state index in [2.05, 4.69) is 58.4 Å². The normalized spacial score (nSPS) is 12.3. The van der Waals surface area contributed by atoms with Crippen LogP contribution in [0, 0.1) is 0 Å². The highest BCUT2D eigenvalue weighted by molar-refractivity contribution is 7.99. The number of para-hydroxylation sites is 2. The van der Waals surface area contributed by atoms with Gasteiger partial charge in [0, 0.05) is 48.7 Å². The van der Waals surface area contributed by atoms with Crippen LogP contribution in [0.2, 0.25) is 0 Å². The monoisotopic (exact) mass is 375 g/mol. The van der Waals surface area contributed by atoms with Crippen LogP contribution in [0.5, 0.6) is 0 Å². The minimum absolute atomic E-state index is 0.132. The SMILES string of the molecule is CN(Cc1cccnc1)C(=O)CCN1c2ccccc2Sc2ccccc21. The molecule has 0 atom stereocenters. The predicted molar refractivity (Wildman–Crippen MR) is 109 cm³/mol. The zero-order chi connectivity index (χ0) is 18.6. The lowest BCUT2D eigenvalue weighted by molar-refractivity contribution is -0.130. The number of carbonyl (C=O) groups excluding carboxylic acids is 1. The number of anilines is 2. The standard InChI is InChI=1S/C22H21N3OS/c1-24(16-17-7-6-13-23-15-17)22(26)12-14-25-18-8-2-4-10-20(18)27-21-11-5-3-9-19(21)25/h2-11,13,15H,12,14,16H2,1H3. The van der Waals surface area contributed by atoms with E-state index >= 15 is 0 Å². The van der Waals surface area contributed by atoms with Crippen LogP contribution in [0.4, 0.5) is 11.4 Å². The molecule has 0 spiro atoms. The van der Waals surface area contributed by atoms with Gasteiger partial charge in [0.2, 0.25) is 5.91 Å². The van der Waals surface area contributed by atoms with Gasteiger partial charge in [0.05, 0.1) is 11.4 Å². The van der Waals surface area contributed by atoms with Crippen molar-refractivity contribution in [3.05, 3.63) is 78.6 Å². The third kappa shape index (κ3) is 3.83. The largest absolute Gasteiger partial charge is 0.341 e. The van der Waals surface area contributed by atoms with Gasteiger partial charge < -0.3 is 9.80 Å². The molecule has 1 aromatic heterocycles. The fourth-order valence-corrected chi connectivity index (χ4v) is 4.37. The molecule has 4 nitrogen and oxygen atoms in total. The fourth-order valence-electron chi connectivity index (χ4n) is 3.27. The second kappa shape index (κ2) is 7.84. The van der Waals surface area contributed by atoms with Gasteiger partial charge in [0.15, 0.2) is 0 Å². The lowest BCUT2D eigenvalue weighted by atomic mass is 10.2. The zero-order valence-corrected chi connectivity index (χ0v) is 16.0. The molecule has 2 aromatic carbocycles. The van der Waals surface area contributed by atoms with Gasteiger partial charge in [-0.25, -0.2) is 0 Å². The smallest absolute Gasteiger partial charge is 0.224 e. The minimum atomic E-state index is 0.132. The first-order valence-corrected chi connectivity index (χ1v) is 9.80. The molecule has 2 heterocycles. The number of hydrogen-bond acceptors (Lipinski definition) is 4. The summed E-state index contributed by atoms with van der Waals surface area (Å²) in [5.74, 6) is 0.132. The number of amides is 1. The molecule has 5 heteroatoms. The molecule has 0 radical (unpaired) electrons. The van der Waals surface area contributed by atoms with Gasteiger partial charge in [0.25, 0.3) is 0 Å². The molecule has 4 rings (SSSR count). The molecule has 1 amide bonds. The summed E-state index contributed by atoms with van der Waals surface area (Å²) in [6.45, 7) is 1.24. The molecule has 27 heavy (non-hydrogen) atoms. The number of pyridine rings is 1. The van der Waals surface area contributed by atoms with E-state index in [4.69, 9.17) is 0 Å². The van der Waals surface area contributed by atoms with E-state index < -0.39 is 0 Å². The van der Waals surface area contributed by atoms with E-state index in [-0.39, 0.29) is 5.91 Å². The Morgan fingerprint density at radius 3 is 2.30 bits per heavy atom. The van der Waals surface area contributed by atoms with Gasteiger partial charge in [-0.15, -0.1) is 0 Å². The van der Waals surface area contributed by atoms with Crippen LogP contribution in [0.3, 0.4) is 0 Å². The van der Waals surface area contributed by atoms with Crippen molar-refractivity contribution in [2.24, 2.45) is 0 Å².